The van der Waals surface area contributed by atoms with Crippen LogP contribution < -0.4 is 0 Å². The number of aromatic nitrogens is 6. The summed E-state index contributed by atoms with van der Waals surface area (Å²) in [6.45, 7) is 13.9. The molecule has 0 saturated carbocycles. The van der Waals surface area contributed by atoms with E-state index in [1.807, 2.05) is 13.0 Å². The van der Waals surface area contributed by atoms with Gasteiger partial charge in [0.25, 0.3) is 0 Å². The van der Waals surface area contributed by atoms with Crippen molar-refractivity contribution in [3.63, 3.8) is 0 Å². The Morgan fingerprint density at radius 2 is 0.867 bits per heavy atom. The van der Waals surface area contributed by atoms with Crippen LogP contribution in [0.1, 0.15) is 112 Å². The highest BCUT2D eigenvalue weighted by atomic mass is 16.5. The summed E-state index contributed by atoms with van der Waals surface area (Å²) in [6.07, 6.45) is 8.96. The Hall–Kier alpha value is -7.51. The zero-order valence-corrected chi connectivity index (χ0v) is 44.5. The van der Waals surface area contributed by atoms with Crippen molar-refractivity contribution in [3.05, 3.63) is 143 Å². The van der Waals surface area contributed by atoms with E-state index in [2.05, 4.69) is 140 Å². The van der Waals surface area contributed by atoms with E-state index in [1.165, 1.54) is 29.2 Å². The quantitative estimate of drug-likeness (QED) is 0.0436. The second-order valence-corrected chi connectivity index (χ2v) is 19.4. The zero-order valence-electron chi connectivity index (χ0n) is 44.5. The van der Waals surface area contributed by atoms with Crippen molar-refractivity contribution < 1.29 is 34.1 Å². The van der Waals surface area contributed by atoms with Crippen LogP contribution in [0.4, 0.5) is 0 Å². The normalized spacial score (nSPS) is 11.2. The lowest BCUT2D eigenvalue weighted by Gasteiger charge is -2.13. The molecule has 75 heavy (non-hydrogen) atoms. The lowest BCUT2D eigenvalue weighted by molar-refractivity contribution is -0.143. The van der Waals surface area contributed by atoms with Gasteiger partial charge in [-0.2, -0.15) is 0 Å². The van der Waals surface area contributed by atoms with E-state index < -0.39 is 5.97 Å². The molecule has 2 N–H and O–H groups in total. The van der Waals surface area contributed by atoms with Crippen molar-refractivity contribution in [1.82, 2.24) is 29.1 Å². The first-order valence-corrected chi connectivity index (χ1v) is 26.5. The summed E-state index contributed by atoms with van der Waals surface area (Å²) >= 11 is 0. The number of fused-ring (bicyclic) bond motifs is 2. The van der Waals surface area contributed by atoms with Crippen LogP contribution in [0.25, 0.3) is 67.4 Å². The standard InChI is InChI=1S/C33H39N3O4.C29H33N3O3/c1-5-39-30(38)10-8-6-7-9-20-36-28(19-21-40-25(4)37)22-29-33(36)35-32(27-17-13-24(3)14-18-27)31(34-29)26-15-11-23(2)12-16-26;1-20-8-12-22(13-9-20)27-28(23-14-10-21(2)11-15-23)31-29-25(30-27)19-24(16-18-33)32(29)17-6-4-3-5-7-26(34)35/h11-18,22H,5-10,19-21H2,1-4H3;8-15,19,33H,3-7,16-18H2,1-2H3,(H,34,35). The number of carbonyl (C=O) groups is 3. The van der Waals surface area contributed by atoms with Crippen LogP contribution in [0.15, 0.2) is 109 Å². The van der Waals surface area contributed by atoms with Crippen molar-refractivity contribution in [1.29, 1.82) is 0 Å². The third-order valence-electron chi connectivity index (χ3n) is 13.3. The molecule has 0 aliphatic heterocycles. The third kappa shape index (κ3) is 15.3. The highest BCUT2D eigenvalue weighted by molar-refractivity contribution is 5.87. The number of esters is 2. The molecule has 0 atom stereocenters. The topological polar surface area (TPSA) is 172 Å². The maximum atomic E-state index is 11.6. The van der Waals surface area contributed by atoms with Crippen LogP contribution >= 0.6 is 0 Å². The van der Waals surface area contributed by atoms with Crippen molar-refractivity contribution in [2.24, 2.45) is 0 Å². The van der Waals surface area contributed by atoms with Crippen LogP contribution in [0.2, 0.25) is 0 Å². The van der Waals surface area contributed by atoms with Crippen molar-refractivity contribution >= 4 is 40.2 Å². The number of ether oxygens (including phenoxy) is 2. The van der Waals surface area contributed by atoms with E-state index in [1.54, 1.807) is 0 Å². The number of carboxylic acid groups (broad SMARTS) is 1. The molecule has 0 saturated heterocycles. The van der Waals surface area contributed by atoms with Gasteiger partial charge in [-0.1, -0.05) is 145 Å². The van der Waals surface area contributed by atoms with Gasteiger partial charge >= 0.3 is 17.9 Å². The number of hydrogen-bond acceptors (Lipinski definition) is 10. The molecule has 0 aliphatic rings. The fourth-order valence-corrected chi connectivity index (χ4v) is 9.22. The van der Waals surface area contributed by atoms with Gasteiger partial charge in [0, 0.05) is 85.9 Å². The fraction of sp³-hybridized carbons (Fsp3) is 0.371. The summed E-state index contributed by atoms with van der Waals surface area (Å²) in [5.74, 6) is -1.16. The van der Waals surface area contributed by atoms with Crippen LogP contribution in [0, 0.1) is 27.7 Å². The Bertz CT molecular complexity index is 3160. The number of unbranched alkanes of at least 4 members (excludes halogenated alkanes) is 6. The number of carbonyl (C=O) groups excluding carboxylic acids is 2. The van der Waals surface area contributed by atoms with E-state index >= 15 is 0 Å². The molecule has 4 aromatic carbocycles. The lowest BCUT2D eigenvalue weighted by Crippen LogP contribution is -2.09. The SMILES string of the molecule is CCOC(=O)CCCCCCn1c(CCOC(C)=O)cc2nc(-c3ccc(C)cc3)c(-c3ccc(C)cc3)nc21.Cc1ccc(-c2nc3cc(CCO)n(CCCCCCC(=O)O)c3nc2-c2ccc(C)cc2)cc1. The molecule has 8 aromatic rings. The maximum Gasteiger partial charge on any atom is 0.305 e. The molecule has 0 radical (unpaired) electrons. The number of hydrogen-bond donors (Lipinski definition) is 2. The van der Waals surface area contributed by atoms with E-state index in [4.69, 9.17) is 34.5 Å². The number of aryl methyl sites for hydroxylation is 6. The predicted molar refractivity (Wildman–Crippen MR) is 297 cm³/mol. The molecule has 0 fully saturated rings. The summed E-state index contributed by atoms with van der Waals surface area (Å²) in [7, 11) is 0. The first kappa shape index (κ1) is 55.2. The number of nitrogens with zero attached hydrogens (tertiary/aromatic N) is 6. The number of carboxylic acids is 1. The average molecular weight is 1010 g/mol. The van der Waals surface area contributed by atoms with Gasteiger partial charge in [-0.15, -0.1) is 0 Å². The van der Waals surface area contributed by atoms with Gasteiger partial charge < -0.3 is 28.8 Å². The Labute approximate surface area is 441 Å². The number of aliphatic hydroxyl groups is 1. The maximum absolute atomic E-state index is 11.6. The molecule has 0 amide bonds. The van der Waals surface area contributed by atoms with Crippen molar-refractivity contribution in [3.8, 4) is 45.0 Å². The van der Waals surface area contributed by atoms with Gasteiger partial charge in [0.2, 0.25) is 0 Å². The van der Waals surface area contributed by atoms with Gasteiger partial charge in [-0.3, -0.25) is 14.4 Å². The largest absolute Gasteiger partial charge is 0.481 e. The minimum absolute atomic E-state index is 0.0601. The Morgan fingerprint density at radius 3 is 1.24 bits per heavy atom. The van der Waals surface area contributed by atoms with Crippen molar-refractivity contribution in [2.75, 3.05) is 19.8 Å². The molecule has 13 nitrogen and oxygen atoms in total. The van der Waals surface area contributed by atoms with Gasteiger partial charge in [-0.05, 0) is 72.4 Å². The van der Waals surface area contributed by atoms with E-state index in [9.17, 15) is 19.5 Å². The number of aliphatic carboxylic acids is 1. The fourth-order valence-electron chi connectivity index (χ4n) is 9.22. The Morgan fingerprint density at radius 1 is 0.493 bits per heavy atom. The first-order valence-electron chi connectivity index (χ1n) is 26.5. The molecule has 392 valence electrons. The van der Waals surface area contributed by atoms with Crippen LogP contribution in [-0.4, -0.2) is 77.0 Å². The Balaban J connectivity index is 0.000000221. The van der Waals surface area contributed by atoms with Crippen LogP contribution in [0.5, 0.6) is 0 Å². The number of aliphatic hydroxyl groups excluding tert-OH is 1. The minimum Gasteiger partial charge on any atom is -0.481 e. The van der Waals surface area contributed by atoms with Gasteiger partial charge in [0.05, 0.1) is 36.0 Å². The predicted octanol–water partition coefficient (Wildman–Crippen LogP) is 13.0. The van der Waals surface area contributed by atoms with E-state index in [0.717, 1.165) is 137 Å². The lowest BCUT2D eigenvalue weighted by atomic mass is 10.0. The molecule has 0 unspecified atom stereocenters. The summed E-state index contributed by atoms with van der Waals surface area (Å²) < 4.78 is 14.7. The first-order chi connectivity index (χ1) is 36.3. The van der Waals surface area contributed by atoms with E-state index in [0.29, 0.717) is 38.9 Å². The zero-order chi connectivity index (χ0) is 53.3. The molecular weight excluding hydrogens is 941 g/mol. The molecule has 0 bridgehead atoms. The molecule has 13 heteroatoms. The van der Waals surface area contributed by atoms with E-state index in [-0.39, 0.29) is 25.0 Å². The Kier molecular flexibility index (Phi) is 20.0. The second-order valence-electron chi connectivity index (χ2n) is 19.4. The van der Waals surface area contributed by atoms with Crippen molar-refractivity contribution in [2.45, 2.75) is 132 Å². The summed E-state index contributed by atoms with van der Waals surface area (Å²) in [6, 6.07) is 37.6. The molecule has 0 spiro atoms. The monoisotopic (exact) mass is 1010 g/mol. The summed E-state index contributed by atoms with van der Waals surface area (Å²) in [4.78, 5) is 54.4. The van der Waals surface area contributed by atoms with Gasteiger partial charge in [-0.25, -0.2) is 19.9 Å². The van der Waals surface area contributed by atoms with Crippen LogP contribution in [0.3, 0.4) is 0 Å². The minimum atomic E-state index is -0.741. The second kappa shape index (κ2) is 27.1. The number of benzene rings is 4. The summed E-state index contributed by atoms with van der Waals surface area (Å²) in [5.41, 5.74) is 17.6. The number of rotatable bonds is 24. The molecule has 0 aliphatic carbocycles. The third-order valence-corrected chi connectivity index (χ3v) is 13.3. The molecule has 4 aromatic heterocycles. The average Bonchev–Trinajstić information content (AvgIpc) is 3.91. The van der Waals surface area contributed by atoms with Crippen LogP contribution in [-0.2, 0) is 49.8 Å². The molecule has 8 rings (SSSR count). The highest BCUT2D eigenvalue weighted by Crippen LogP contribution is 2.35. The molecule has 4 heterocycles. The summed E-state index contributed by atoms with van der Waals surface area (Å²) in [5, 5.41) is 18.5. The molecular formula is C62H72N6O7. The highest BCUT2D eigenvalue weighted by Gasteiger charge is 2.21. The smallest absolute Gasteiger partial charge is 0.305 e. The van der Waals surface area contributed by atoms with Gasteiger partial charge in [0.1, 0.15) is 11.0 Å². The van der Waals surface area contributed by atoms with Gasteiger partial charge in [0.15, 0.2) is 11.3 Å².